The lowest BCUT2D eigenvalue weighted by molar-refractivity contribution is 0.0899. The Morgan fingerprint density at radius 2 is 1.43 bits per heavy atom. The lowest BCUT2D eigenvalue weighted by Crippen LogP contribution is -2.01. The van der Waals surface area contributed by atoms with E-state index >= 15 is 0 Å². The van der Waals surface area contributed by atoms with E-state index in [1.807, 2.05) is 0 Å². The van der Waals surface area contributed by atoms with E-state index in [1.54, 1.807) is 0 Å². The first-order chi connectivity index (χ1) is 6.77. The number of unbranched alkanes of at least 4 members (excludes halogenated alkanes) is 6. The van der Waals surface area contributed by atoms with Gasteiger partial charge in [0.1, 0.15) is 0 Å². The van der Waals surface area contributed by atoms with Crippen LogP contribution in [-0.4, -0.2) is 29.6 Å². The molecule has 0 aliphatic heterocycles. The molecule has 2 N–H and O–H groups in total. The number of ether oxygens (including phenoxy) is 1. The van der Waals surface area contributed by atoms with E-state index < -0.39 is 6.16 Å². The van der Waals surface area contributed by atoms with E-state index in [0.29, 0.717) is 6.61 Å². The monoisotopic (exact) mass is 204 g/mol. The van der Waals surface area contributed by atoms with E-state index in [0.717, 1.165) is 44.9 Å². The highest BCUT2D eigenvalue weighted by molar-refractivity contribution is 5.56. The summed E-state index contributed by atoms with van der Waals surface area (Å²) in [4.78, 5) is 9.96. The van der Waals surface area contributed by atoms with Gasteiger partial charge in [-0.3, -0.25) is 0 Å². The number of hydrogen-bond acceptors (Lipinski definition) is 3. The molecule has 0 aromatic rings. The van der Waals surface area contributed by atoms with Crippen molar-refractivity contribution in [1.29, 1.82) is 0 Å². The number of aliphatic hydroxyl groups excluding tert-OH is 1. The smallest absolute Gasteiger partial charge is 0.450 e. The van der Waals surface area contributed by atoms with Crippen LogP contribution in [0.1, 0.15) is 44.9 Å². The molecular formula is C10H20O4. The van der Waals surface area contributed by atoms with Crippen molar-refractivity contribution >= 4 is 6.16 Å². The largest absolute Gasteiger partial charge is 0.505 e. The molecule has 0 radical (unpaired) electrons. The van der Waals surface area contributed by atoms with Crippen LogP contribution < -0.4 is 0 Å². The Morgan fingerprint density at radius 3 is 1.93 bits per heavy atom. The quantitative estimate of drug-likeness (QED) is 0.447. The summed E-state index contributed by atoms with van der Waals surface area (Å²) in [5.41, 5.74) is 0. The molecule has 0 amide bonds. The molecule has 0 atom stereocenters. The third kappa shape index (κ3) is 11.2. The molecule has 0 aliphatic carbocycles. The van der Waals surface area contributed by atoms with Crippen molar-refractivity contribution in [1.82, 2.24) is 0 Å². The normalized spacial score (nSPS) is 10.1. The molecule has 0 unspecified atom stereocenters. The SMILES string of the molecule is O=C(O)OCCCCCCCCCO. The number of hydrogen-bond donors (Lipinski definition) is 2. The predicted octanol–water partition coefficient (Wildman–Crippen LogP) is 2.40. The standard InChI is InChI=1S/C10H20O4/c11-8-6-4-2-1-3-5-7-9-14-10(12)13/h11H,1-9H2,(H,12,13). The number of carbonyl (C=O) groups is 1. The van der Waals surface area contributed by atoms with Crippen molar-refractivity contribution in [2.45, 2.75) is 44.9 Å². The van der Waals surface area contributed by atoms with Gasteiger partial charge >= 0.3 is 6.16 Å². The maximum atomic E-state index is 9.96. The Kier molecular flexibility index (Phi) is 9.74. The van der Waals surface area contributed by atoms with Gasteiger partial charge in [-0.15, -0.1) is 0 Å². The highest BCUT2D eigenvalue weighted by Gasteiger charge is 1.95. The van der Waals surface area contributed by atoms with E-state index in [1.165, 1.54) is 0 Å². The van der Waals surface area contributed by atoms with Crippen LogP contribution in [0.4, 0.5) is 4.79 Å². The molecule has 0 bridgehead atoms. The number of aliphatic hydroxyl groups is 1. The zero-order chi connectivity index (χ0) is 10.6. The van der Waals surface area contributed by atoms with Gasteiger partial charge in [-0.25, -0.2) is 4.79 Å². The van der Waals surface area contributed by atoms with Crippen molar-refractivity contribution in [3.8, 4) is 0 Å². The molecule has 0 saturated carbocycles. The van der Waals surface area contributed by atoms with Crippen molar-refractivity contribution in [2.24, 2.45) is 0 Å². The van der Waals surface area contributed by atoms with Gasteiger partial charge < -0.3 is 14.9 Å². The maximum absolute atomic E-state index is 9.96. The first kappa shape index (κ1) is 13.2. The summed E-state index contributed by atoms with van der Waals surface area (Å²) in [5, 5.41) is 16.7. The first-order valence-corrected chi connectivity index (χ1v) is 5.24. The van der Waals surface area contributed by atoms with Gasteiger partial charge in [0, 0.05) is 6.61 Å². The fourth-order valence-corrected chi connectivity index (χ4v) is 1.26. The molecule has 0 rings (SSSR count). The molecule has 4 heteroatoms. The molecule has 0 aromatic heterocycles. The van der Waals surface area contributed by atoms with Crippen molar-refractivity contribution in [3.05, 3.63) is 0 Å². The van der Waals surface area contributed by atoms with Gasteiger partial charge in [-0.05, 0) is 12.8 Å². The zero-order valence-corrected chi connectivity index (χ0v) is 8.57. The topological polar surface area (TPSA) is 66.8 Å². The highest BCUT2D eigenvalue weighted by atomic mass is 16.7. The molecule has 4 nitrogen and oxygen atoms in total. The van der Waals surface area contributed by atoms with Crippen LogP contribution in [0.2, 0.25) is 0 Å². The van der Waals surface area contributed by atoms with Crippen molar-refractivity contribution in [2.75, 3.05) is 13.2 Å². The summed E-state index contributed by atoms with van der Waals surface area (Å²) in [7, 11) is 0. The minimum absolute atomic E-state index is 0.284. The summed E-state index contributed by atoms with van der Waals surface area (Å²) in [6, 6.07) is 0. The molecule has 0 aromatic carbocycles. The third-order valence-electron chi connectivity index (χ3n) is 2.03. The Bertz CT molecular complexity index is 136. The Balaban J connectivity index is 2.88. The van der Waals surface area contributed by atoms with Gasteiger partial charge in [0.05, 0.1) is 6.61 Å². The van der Waals surface area contributed by atoms with Gasteiger partial charge in [0.15, 0.2) is 0 Å². The average molecular weight is 204 g/mol. The van der Waals surface area contributed by atoms with Crippen LogP contribution in [0, 0.1) is 0 Å². The minimum atomic E-state index is -1.19. The highest BCUT2D eigenvalue weighted by Crippen LogP contribution is 2.06. The van der Waals surface area contributed by atoms with Crippen molar-refractivity contribution in [3.63, 3.8) is 0 Å². The van der Waals surface area contributed by atoms with Crippen LogP contribution in [0.15, 0.2) is 0 Å². The van der Waals surface area contributed by atoms with Crippen LogP contribution in [0.5, 0.6) is 0 Å². The number of rotatable bonds is 9. The van der Waals surface area contributed by atoms with Crippen LogP contribution >= 0.6 is 0 Å². The van der Waals surface area contributed by atoms with Gasteiger partial charge in [-0.1, -0.05) is 32.1 Å². The third-order valence-corrected chi connectivity index (χ3v) is 2.03. The van der Waals surface area contributed by atoms with Crippen LogP contribution in [-0.2, 0) is 4.74 Å². The molecule has 0 saturated heterocycles. The molecule has 14 heavy (non-hydrogen) atoms. The fourth-order valence-electron chi connectivity index (χ4n) is 1.26. The van der Waals surface area contributed by atoms with Gasteiger partial charge in [-0.2, -0.15) is 0 Å². The Hall–Kier alpha value is -0.770. The zero-order valence-electron chi connectivity index (χ0n) is 8.57. The van der Waals surface area contributed by atoms with Crippen LogP contribution in [0.25, 0.3) is 0 Å². The second kappa shape index (κ2) is 10.3. The molecule has 0 aliphatic rings. The number of carboxylic acid groups (broad SMARTS) is 1. The molecule has 0 fully saturated rings. The summed E-state index contributed by atoms with van der Waals surface area (Å²) in [5.74, 6) is 0. The average Bonchev–Trinajstić information content (AvgIpc) is 2.15. The molecule has 0 heterocycles. The van der Waals surface area contributed by atoms with Gasteiger partial charge in [0.25, 0.3) is 0 Å². The lowest BCUT2D eigenvalue weighted by Gasteiger charge is -2.01. The Morgan fingerprint density at radius 1 is 0.929 bits per heavy atom. The van der Waals surface area contributed by atoms with E-state index in [-0.39, 0.29) is 6.61 Å². The first-order valence-electron chi connectivity index (χ1n) is 5.24. The Labute approximate surface area is 84.9 Å². The van der Waals surface area contributed by atoms with E-state index in [2.05, 4.69) is 4.74 Å². The summed E-state index contributed by atoms with van der Waals surface area (Å²) in [6.45, 7) is 0.596. The van der Waals surface area contributed by atoms with E-state index in [4.69, 9.17) is 10.2 Å². The predicted molar refractivity (Wildman–Crippen MR) is 53.4 cm³/mol. The van der Waals surface area contributed by atoms with Crippen LogP contribution in [0.3, 0.4) is 0 Å². The minimum Gasteiger partial charge on any atom is -0.450 e. The fraction of sp³-hybridized carbons (Fsp3) is 0.900. The lowest BCUT2D eigenvalue weighted by atomic mass is 10.1. The summed E-state index contributed by atoms with van der Waals surface area (Å²) in [6.07, 6.45) is 6.05. The second-order valence-electron chi connectivity index (χ2n) is 3.31. The van der Waals surface area contributed by atoms with E-state index in [9.17, 15) is 4.79 Å². The summed E-state index contributed by atoms with van der Waals surface area (Å²) >= 11 is 0. The van der Waals surface area contributed by atoms with Gasteiger partial charge in [0.2, 0.25) is 0 Å². The van der Waals surface area contributed by atoms with Crippen molar-refractivity contribution < 1.29 is 19.7 Å². The molecule has 0 spiro atoms. The molecular weight excluding hydrogens is 184 g/mol. The maximum Gasteiger partial charge on any atom is 0.505 e. The second-order valence-corrected chi connectivity index (χ2v) is 3.31. The summed E-state index contributed by atoms with van der Waals surface area (Å²) < 4.78 is 4.37. The molecule has 84 valence electrons.